The van der Waals surface area contributed by atoms with E-state index >= 15 is 0 Å². The lowest BCUT2D eigenvalue weighted by Gasteiger charge is -2.28. The molecular weight excluding hydrogens is 771 g/mol. The molecule has 0 fully saturated rings. The molecule has 0 aliphatic carbocycles. The van der Waals surface area contributed by atoms with Gasteiger partial charge in [0.1, 0.15) is 0 Å². The molecule has 2 aliphatic rings. The van der Waals surface area contributed by atoms with E-state index in [1.165, 1.54) is 55.6 Å². The van der Waals surface area contributed by atoms with E-state index in [-0.39, 0.29) is 0 Å². The minimum atomic E-state index is -0.577. The van der Waals surface area contributed by atoms with Crippen molar-refractivity contribution < 1.29 is 5.21 Å². The maximum atomic E-state index is 13.3. The third-order valence-electron chi connectivity index (χ3n) is 12.5. The summed E-state index contributed by atoms with van der Waals surface area (Å²) in [6.45, 7) is 25.5. The van der Waals surface area contributed by atoms with Gasteiger partial charge in [0.2, 0.25) is 0 Å². The minimum Gasteiger partial charge on any atom is -0.354 e. The van der Waals surface area contributed by atoms with E-state index < -0.39 is 5.54 Å². The Morgan fingerprint density at radius 1 is 0.397 bits per heavy atom. The Morgan fingerprint density at radius 2 is 0.683 bits per heavy atom. The topological polar surface area (TPSA) is 80.5 Å². The molecule has 7 aromatic rings. The van der Waals surface area contributed by atoms with Crippen LogP contribution in [0.2, 0.25) is 0 Å². The number of nitrogens with one attached hydrogen (secondary N) is 2. The van der Waals surface area contributed by atoms with Crippen molar-refractivity contribution in [2.24, 2.45) is 0 Å². The molecule has 3 aromatic heterocycles. The van der Waals surface area contributed by atoms with Crippen molar-refractivity contribution >= 4 is 52.1 Å². The summed E-state index contributed by atoms with van der Waals surface area (Å²) in [6, 6.07) is 30.3. The minimum absolute atomic E-state index is 0.577. The molecule has 5 heterocycles. The molecule has 0 amide bonds. The monoisotopic (exact) mass is 826 g/mol. The molecule has 2 N–H and O–H groups in total. The summed E-state index contributed by atoms with van der Waals surface area (Å²) in [5, 5.41) is 14.4. The molecule has 6 nitrogen and oxygen atoms in total. The third-order valence-corrected chi connectivity index (χ3v) is 12.5. The molecule has 9 rings (SSSR count). The largest absolute Gasteiger partial charge is 0.354 e. The highest BCUT2D eigenvalue weighted by Gasteiger charge is 2.24. The Hall–Kier alpha value is -6.76. The zero-order valence-electron chi connectivity index (χ0n) is 38.6. The van der Waals surface area contributed by atoms with Crippen LogP contribution in [0.15, 0.2) is 84.9 Å². The number of rotatable bonds is 5. The Balaban J connectivity index is 1.49. The molecule has 2 aliphatic heterocycles. The van der Waals surface area contributed by atoms with Gasteiger partial charge in [0.15, 0.2) is 0 Å². The van der Waals surface area contributed by atoms with Gasteiger partial charge in [-0.05, 0) is 199 Å². The number of anilines is 1. The molecule has 0 saturated heterocycles. The smallest absolute Gasteiger partial charge is 0.0737 e. The van der Waals surface area contributed by atoms with Crippen molar-refractivity contribution in [2.45, 2.75) is 88.6 Å². The van der Waals surface area contributed by atoms with Gasteiger partial charge in [0.05, 0.1) is 34.0 Å². The van der Waals surface area contributed by atoms with E-state index in [0.717, 1.165) is 88.8 Å². The van der Waals surface area contributed by atoms with E-state index in [4.69, 9.17) is 9.97 Å². The van der Waals surface area contributed by atoms with Crippen molar-refractivity contribution in [3.05, 3.63) is 158 Å². The van der Waals surface area contributed by atoms with Gasteiger partial charge in [0.25, 0.3) is 0 Å². The SMILES string of the molecule is Cc1cc(C)c(-c2c3nc(c(-c4c(C)cc(C)cc4C)c4ccc([nH]4)c(-c4c(C)cc(C)cc4C)c4nc(c(-c5ccc(N([O])C(C)(C)C)cc5)c5ccc2[nH]5)C=C4)C=C3)c(C)c1. The predicted octanol–water partition coefficient (Wildman–Crippen LogP) is 15.0. The van der Waals surface area contributed by atoms with Crippen LogP contribution in [0.5, 0.6) is 0 Å². The van der Waals surface area contributed by atoms with Crippen LogP contribution in [0, 0.1) is 62.3 Å². The van der Waals surface area contributed by atoms with Gasteiger partial charge in [-0.15, -0.1) is 0 Å². The van der Waals surface area contributed by atoms with Crippen LogP contribution in [-0.2, 0) is 5.21 Å². The summed E-state index contributed by atoms with van der Waals surface area (Å²) in [7, 11) is 0. The normalized spacial score (nSPS) is 12.4. The van der Waals surface area contributed by atoms with E-state index in [1.807, 2.05) is 45.0 Å². The second-order valence-corrected chi connectivity index (χ2v) is 18.8. The lowest BCUT2D eigenvalue weighted by Crippen LogP contribution is -2.37. The molecule has 0 unspecified atom stereocenters. The zero-order valence-corrected chi connectivity index (χ0v) is 38.6. The maximum absolute atomic E-state index is 13.3. The highest BCUT2D eigenvalue weighted by molar-refractivity contribution is 6.01. The number of benzene rings is 4. The number of aromatic nitrogens is 4. The van der Waals surface area contributed by atoms with Gasteiger partial charge in [-0.1, -0.05) is 70.4 Å². The molecule has 315 valence electrons. The molecule has 1 radical (unpaired) electrons. The van der Waals surface area contributed by atoms with Crippen LogP contribution in [0.25, 0.3) is 90.9 Å². The second kappa shape index (κ2) is 15.5. The molecule has 0 spiro atoms. The van der Waals surface area contributed by atoms with Gasteiger partial charge in [-0.2, -0.15) is 0 Å². The first kappa shape index (κ1) is 41.6. The number of aromatic amines is 2. The Kier molecular flexibility index (Phi) is 10.3. The summed E-state index contributed by atoms with van der Waals surface area (Å²) >= 11 is 0. The van der Waals surface area contributed by atoms with Crippen molar-refractivity contribution in [1.82, 2.24) is 19.9 Å². The molecule has 63 heavy (non-hydrogen) atoms. The average molecular weight is 827 g/mol. The van der Waals surface area contributed by atoms with Crippen LogP contribution in [0.3, 0.4) is 0 Å². The van der Waals surface area contributed by atoms with Gasteiger partial charge in [-0.25, -0.2) is 15.0 Å². The number of hydrogen-bond acceptors (Lipinski definition) is 3. The zero-order chi connectivity index (χ0) is 44.6. The number of aryl methyl sites for hydroxylation is 9. The fraction of sp³-hybridized carbons (Fsp3) is 0.228. The standard InChI is InChI=1S/C57H56N5O/c1-31-25-34(4)50(35(5)26-31)54-44-19-17-42(58-44)53(40-13-15-41(16-14-40)62(63)57(10,11)12)43-18-20-45(59-43)55(51-36(6)27-32(2)28-37(51)7)47-22-24-49(61-47)56(48-23-21-46(54)60-48)52-38(8)29-33(3)30-39(52)9/h13-30,58,61H,1-12H3. The average Bonchev–Trinajstić information content (AvgIpc) is 4.04. The molecule has 6 heteroatoms. The number of H-pyrrole nitrogens is 2. The molecule has 4 aromatic carbocycles. The number of hydroxylamine groups is 1. The fourth-order valence-electron chi connectivity index (χ4n) is 10.2. The molecule has 0 atom stereocenters. The van der Waals surface area contributed by atoms with Crippen LogP contribution in [-0.4, -0.2) is 25.5 Å². The summed E-state index contributed by atoms with van der Waals surface area (Å²) in [4.78, 5) is 19.0. The Bertz CT molecular complexity index is 3130. The first-order chi connectivity index (χ1) is 30.0. The maximum Gasteiger partial charge on any atom is 0.0737 e. The molecule has 0 saturated carbocycles. The van der Waals surface area contributed by atoms with E-state index in [1.54, 1.807) is 0 Å². The highest BCUT2D eigenvalue weighted by atomic mass is 16.5. The second-order valence-electron chi connectivity index (χ2n) is 18.8. The number of nitrogens with zero attached hydrogens (tertiary/aromatic N) is 3. The molecular formula is C57H56N5O. The highest BCUT2D eigenvalue weighted by Crippen LogP contribution is 2.42. The Morgan fingerprint density at radius 3 is 0.984 bits per heavy atom. The lowest BCUT2D eigenvalue weighted by molar-refractivity contribution is 0.102. The van der Waals surface area contributed by atoms with E-state index in [0.29, 0.717) is 5.69 Å². The molecule has 8 bridgehead atoms. The predicted molar refractivity (Wildman–Crippen MR) is 266 cm³/mol. The quantitative estimate of drug-likeness (QED) is 0.170. The van der Waals surface area contributed by atoms with Gasteiger partial charge >= 0.3 is 0 Å². The summed E-state index contributed by atoms with van der Waals surface area (Å²) in [5.74, 6) is 0. The van der Waals surface area contributed by atoms with Crippen LogP contribution in [0.1, 0.15) is 93.6 Å². The van der Waals surface area contributed by atoms with Crippen LogP contribution < -0.4 is 5.06 Å². The number of fused-ring (bicyclic) bond motifs is 8. The first-order valence-corrected chi connectivity index (χ1v) is 22.0. The van der Waals surface area contributed by atoms with Gasteiger partial charge in [0, 0.05) is 44.3 Å². The summed E-state index contributed by atoms with van der Waals surface area (Å²) < 4.78 is 0. The van der Waals surface area contributed by atoms with Crippen LogP contribution >= 0.6 is 0 Å². The van der Waals surface area contributed by atoms with Crippen LogP contribution in [0.4, 0.5) is 5.69 Å². The lowest BCUT2D eigenvalue weighted by atomic mass is 9.92. The van der Waals surface area contributed by atoms with Crippen molar-refractivity contribution in [1.29, 1.82) is 0 Å². The van der Waals surface area contributed by atoms with Gasteiger partial charge < -0.3 is 9.97 Å². The van der Waals surface area contributed by atoms with E-state index in [9.17, 15) is 5.21 Å². The summed E-state index contributed by atoms with van der Waals surface area (Å²) in [6.07, 6.45) is 8.65. The van der Waals surface area contributed by atoms with Gasteiger partial charge in [-0.3, -0.25) is 0 Å². The number of hydrogen-bond donors (Lipinski definition) is 2. The fourth-order valence-corrected chi connectivity index (χ4v) is 10.2. The van der Waals surface area contributed by atoms with Crippen molar-refractivity contribution in [2.75, 3.05) is 5.06 Å². The van der Waals surface area contributed by atoms with Crippen molar-refractivity contribution in [3.63, 3.8) is 0 Å². The third kappa shape index (κ3) is 7.42. The van der Waals surface area contributed by atoms with E-state index in [2.05, 4.69) is 157 Å². The first-order valence-electron chi connectivity index (χ1n) is 22.0. The Labute approximate surface area is 371 Å². The van der Waals surface area contributed by atoms with Crippen molar-refractivity contribution in [3.8, 4) is 44.5 Å². The summed E-state index contributed by atoms with van der Waals surface area (Å²) in [5.41, 5.74) is 26.7.